The molecule has 1 saturated carbocycles. The lowest BCUT2D eigenvalue weighted by Gasteiger charge is -2.25. The molecule has 2 aromatic carbocycles. The molecule has 174 valence electrons. The molecular formula is C25H31N5O2S. The van der Waals surface area contributed by atoms with E-state index in [1.807, 2.05) is 6.92 Å². The van der Waals surface area contributed by atoms with Gasteiger partial charge in [-0.15, -0.1) is 10.2 Å². The summed E-state index contributed by atoms with van der Waals surface area (Å²) in [4.78, 5) is 24.0. The molecule has 0 bridgehead atoms. The number of carbonyl (C=O) groups excluding carboxylic acids is 2. The minimum absolute atomic E-state index is 0.124. The van der Waals surface area contributed by atoms with Crippen LogP contribution in [0.5, 0.6) is 0 Å². The molecule has 3 amide bonds. The standard InChI is InChI=1S/C25H31N5O2S/c1-2-15-26-24(32)27-23(31)17-33-25-29-28-22(30(25)20-12-4-3-5-13-20)16-19-11-8-10-18-9-6-7-14-21(18)19/h6-11,14,20H,2-5,12-13,15-17H2,1H3,(H2,26,27,31,32). The highest BCUT2D eigenvalue weighted by Gasteiger charge is 2.24. The number of amides is 3. The second-order valence-electron chi connectivity index (χ2n) is 8.47. The average Bonchev–Trinajstić information content (AvgIpc) is 3.24. The lowest BCUT2D eigenvalue weighted by molar-refractivity contribution is -0.117. The highest BCUT2D eigenvalue weighted by Crippen LogP contribution is 2.33. The number of fused-ring (bicyclic) bond motifs is 1. The molecule has 1 aliphatic rings. The smallest absolute Gasteiger partial charge is 0.321 e. The number of carbonyl (C=O) groups is 2. The molecule has 1 aromatic heterocycles. The summed E-state index contributed by atoms with van der Waals surface area (Å²) in [6, 6.07) is 14.6. The molecule has 1 heterocycles. The number of hydrogen-bond acceptors (Lipinski definition) is 5. The lowest BCUT2D eigenvalue weighted by atomic mass is 9.95. The molecule has 2 N–H and O–H groups in total. The number of imide groups is 1. The number of nitrogens with one attached hydrogen (secondary N) is 2. The Kier molecular flexibility index (Phi) is 7.99. The summed E-state index contributed by atoms with van der Waals surface area (Å²) in [6.07, 6.45) is 7.35. The molecule has 0 radical (unpaired) electrons. The van der Waals surface area contributed by atoms with E-state index in [1.54, 1.807) is 0 Å². The molecule has 0 atom stereocenters. The van der Waals surface area contributed by atoms with Crippen molar-refractivity contribution in [3.8, 4) is 0 Å². The second-order valence-corrected chi connectivity index (χ2v) is 9.41. The average molecular weight is 466 g/mol. The van der Waals surface area contributed by atoms with Gasteiger partial charge in [-0.25, -0.2) is 4.79 Å². The minimum Gasteiger partial charge on any atom is -0.338 e. The largest absolute Gasteiger partial charge is 0.338 e. The van der Waals surface area contributed by atoms with Crippen molar-refractivity contribution in [2.75, 3.05) is 12.3 Å². The van der Waals surface area contributed by atoms with Crippen molar-refractivity contribution in [2.45, 2.75) is 63.1 Å². The maximum atomic E-state index is 12.3. The first-order chi connectivity index (χ1) is 16.2. The molecule has 0 saturated heterocycles. The zero-order valence-corrected chi connectivity index (χ0v) is 19.9. The van der Waals surface area contributed by atoms with Crippen molar-refractivity contribution < 1.29 is 9.59 Å². The van der Waals surface area contributed by atoms with Crippen molar-refractivity contribution in [3.63, 3.8) is 0 Å². The van der Waals surface area contributed by atoms with E-state index < -0.39 is 6.03 Å². The number of benzene rings is 2. The van der Waals surface area contributed by atoms with Crippen LogP contribution in [0.4, 0.5) is 4.79 Å². The lowest BCUT2D eigenvalue weighted by Crippen LogP contribution is -2.40. The molecule has 33 heavy (non-hydrogen) atoms. The summed E-state index contributed by atoms with van der Waals surface area (Å²) in [5, 5.41) is 17.3. The molecule has 1 aliphatic carbocycles. The van der Waals surface area contributed by atoms with E-state index >= 15 is 0 Å². The Morgan fingerprint density at radius 1 is 1.06 bits per heavy atom. The maximum Gasteiger partial charge on any atom is 0.321 e. The van der Waals surface area contributed by atoms with Gasteiger partial charge in [0, 0.05) is 19.0 Å². The van der Waals surface area contributed by atoms with Gasteiger partial charge in [-0.1, -0.05) is 80.4 Å². The summed E-state index contributed by atoms with van der Waals surface area (Å²) in [7, 11) is 0. The summed E-state index contributed by atoms with van der Waals surface area (Å²) >= 11 is 1.35. The highest BCUT2D eigenvalue weighted by molar-refractivity contribution is 7.99. The van der Waals surface area contributed by atoms with Crippen LogP contribution in [0, 0.1) is 0 Å². The molecule has 0 unspecified atom stereocenters. The first-order valence-electron chi connectivity index (χ1n) is 11.8. The van der Waals surface area contributed by atoms with E-state index in [0.717, 1.165) is 30.2 Å². The third-order valence-corrected chi connectivity index (χ3v) is 6.97. The van der Waals surface area contributed by atoms with Crippen LogP contribution >= 0.6 is 11.8 Å². The molecule has 4 rings (SSSR count). The van der Waals surface area contributed by atoms with Crippen molar-refractivity contribution in [1.82, 2.24) is 25.4 Å². The fourth-order valence-corrected chi connectivity index (χ4v) is 5.25. The number of rotatable bonds is 8. The second kappa shape index (κ2) is 11.3. The number of urea groups is 1. The van der Waals surface area contributed by atoms with Crippen LogP contribution in [-0.2, 0) is 11.2 Å². The predicted molar refractivity (Wildman–Crippen MR) is 131 cm³/mol. The zero-order chi connectivity index (χ0) is 23.0. The van der Waals surface area contributed by atoms with Crippen molar-refractivity contribution in [1.29, 1.82) is 0 Å². The number of thioether (sulfide) groups is 1. The van der Waals surface area contributed by atoms with Crippen LogP contribution in [0.25, 0.3) is 10.8 Å². The van der Waals surface area contributed by atoms with Crippen LogP contribution in [0.15, 0.2) is 47.6 Å². The van der Waals surface area contributed by atoms with E-state index in [4.69, 9.17) is 0 Å². The molecule has 8 heteroatoms. The molecular weight excluding hydrogens is 434 g/mol. The van der Waals surface area contributed by atoms with Crippen molar-refractivity contribution in [3.05, 3.63) is 53.9 Å². The van der Waals surface area contributed by atoms with E-state index in [9.17, 15) is 9.59 Å². The van der Waals surface area contributed by atoms with Crippen LogP contribution in [0.1, 0.15) is 62.9 Å². The van der Waals surface area contributed by atoms with E-state index in [1.165, 1.54) is 47.4 Å². The van der Waals surface area contributed by atoms with Gasteiger partial charge < -0.3 is 9.88 Å². The Morgan fingerprint density at radius 3 is 2.67 bits per heavy atom. The third-order valence-electron chi connectivity index (χ3n) is 6.02. The normalized spacial score (nSPS) is 14.3. The van der Waals surface area contributed by atoms with Gasteiger partial charge >= 0.3 is 6.03 Å². The molecule has 0 spiro atoms. The molecule has 1 fully saturated rings. The third kappa shape index (κ3) is 5.93. The van der Waals surface area contributed by atoms with Gasteiger partial charge in [0.15, 0.2) is 5.16 Å². The summed E-state index contributed by atoms with van der Waals surface area (Å²) < 4.78 is 2.25. The highest BCUT2D eigenvalue weighted by atomic mass is 32.2. The topological polar surface area (TPSA) is 88.9 Å². The number of aromatic nitrogens is 3. The van der Waals surface area contributed by atoms with Crippen molar-refractivity contribution in [2.24, 2.45) is 0 Å². The Morgan fingerprint density at radius 2 is 1.85 bits per heavy atom. The first-order valence-corrected chi connectivity index (χ1v) is 12.7. The van der Waals surface area contributed by atoms with Gasteiger partial charge in [0.05, 0.1) is 5.75 Å². The van der Waals surface area contributed by atoms with Gasteiger partial charge in [0.2, 0.25) is 5.91 Å². The van der Waals surface area contributed by atoms with Gasteiger partial charge in [-0.2, -0.15) is 0 Å². The van der Waals surface area contributed by atoms with E-state index in [-0.39, 0.29) is 11.7 Å². The Balaban J connectivity index is 1.53. The quantitative estimate of drug-likeness (QED) is 0.464. The SMILES string of the molecule is CCCNC(=O)NC(=O)CSc1nnc(Cc2cccc3ccccc23)n1C1CCCCC1. The molecule has 0 aliphatic heterocycles. The van der Waals surface area contributed by atoms with Crippen LogP contribution in [0.2, 0.25) is 0 Å². The first kappa shape index (κ1) is 23.3. The molecule has 7 nitrogen and oxygen atoms in total. The van der Waals surface area contributed by atoms with Crippen LogP contribution < -0.4 is 10.6 Å². The van der Waals surface area contributed by atoms with Gasteiger partial charge in [0.25, 0.3) is 0 Å². The van der Waals surface area contributed by atoms with Crippen LogP contribution in [0.3, 0.4) is 0 Å². The fraction of sp³-hybridized carbons (Fsp3) is 0.440. The maximum absolute atomic E-state index is 12.3. The monoisotopic (exact) mass is 465 g/mol. The molecule has 3 aromatic rings. The van der Waals surface area contributed by atoms with Gasteiger partial charge in [-0.3, -0.25) is 10.1 Å². The van der Waals surface area contributed by atoms with Crippen LogP contribution in [-0.4, -0.2) is 39.0 Å². The summed E-state index contributed by atoms with van der Waals surface area (Å²) in [6.45, 7) is 2.51. The zero-order valence-electron chi connectivity index (χ0n) is 19.0. The Bertz CT molecular complexity index is 1100. The van der Waals surface area contributed by atoms with E-state index in [0.29, 0.717) is 19.0 Å². The predicted octanol–water partition coefficient (Wildman–Crippen LogP) is 4.86. The van der Waals surface area contributed by atoms with Gasteiger partial charge in [-0.05, 0) is 35.6 Å². The summed E-state index contributed by atoms with van der Waals surface area (Å²) in [5.74, 6) is 0.725. The number of hydrogen-bond donors (Lipinski definition) is 2. The number of nitrogens with zero attached hydrogens (tertiary/aromatic N) is 3. The minimum atomic E-state index is -0.451. The Hall–Kier alpha value is -2.87. The van der Waals surface area contributed by atoms with Crippen molar-refractivity contribution >= 4 is 34.5 Å². The fourth-order valence-electron chi connectivity index (χ4n) is 4.42. The summed E-state index contributed by atoms with van der Waals surface area (Å²) in [5.41, 5.74) is 1.22. The van der Waals surface area contributed by atoms with E-state index in [2.05, 4.69) is 67.9 Å². The van der Waals surface area contributed by atoms with Gasteiger partial charge in [0.1, 0.15) is 5.82 Å². The Labute approximate surface area is 198 Å².